The van der Waals surface area contributed by atoms with E-state index in [1.54, 1.807) is 0 Å². The second kappa shape index (κ2) is 6.04. The van der Waals surface area contributed by atoms with Crippen LogP contribution in [0.5, 0.6) is 5.75 Å². The summed E-state index contributed by atoms with van der Waals surface area (Å²) in [5.74, 6) is -2.71. The number of halogens is 4. The summed E-state index contributed by atoms with van der Waals surface area (Å²) in [7, 11) is -2.94. The summed E-state index contributed by atoms with van der Waals surface area (Å²) in [5.41, 5.74) is 0. The van der Waals surface area contributed by atoms with Crippen LogP contribution in [0.3, 0.4) is 0 Å². The quantitative estimate of drug-likeness (QED) is 0.795. The van der Waals surface area contributed by atoms with Gasteiger partial charge in [0, 0.05) is 13.1 Å². The first-order valence-electron chi connectivity index (χ1n) is 6.56. The molecule has 0 radical (unpaired) electrons. The third-order valence-electron chi connectivity index (χ3n) is 3.61. The number of sulfonamides is 1. The highest BCUT2D eigenvalue weighted by atomic mass is 32.2. The van der Waals surface area contributed by atoms with Crippen molar-refractivity contribution in [1.82, 2.24) is 4.31 Å². The minimum Gasteiger partial charge on any atom is -0.494 e. The van der Waals surface area contributed by atoms with Crippen molar-refractivity contribution >= 4 is 10.0 Å². The summed E-state index contributed by atoms with van der Waals surface area (Å²) in [6.45, 7) is -0.651. The lowest BCUT2D eigenvalue weighted by molar-refractivity contribution is -0.182. The molecule has 0 bridgehead atoms. The van der Waals surface area contributed by atoms with Gasteiger partial charge in [0.05, 0.1) is 17.9 Å². The Morgan fingerprint density at radius 3 is 2.55 bits per heavy atom. The van der Waals surface area contributed by atoms with E-state index >= 15 is 0 Å². The predicted molar refractivity (Wildman–Crippen MR) is 70.5 cm³/mol. The Hall–Kier alpha value is -1.35. The molecule has 1 heterocycles. The van der Waals surface area contributed by atoms with Crippen molar-refractivity contribution in [3.63, 3.8) is 0 Å². The molecule has 1 atom stereocenters. The highest BCUT2D eigenvalue weighted by molar-refractivity contribution is 7.89. The topological polar surface area (TPSA) is 46.6 Å². The fourth-order valence-corrected chi connectivity index (χ4v) is 3.92. The lowest BCUT2D eigenvalue weighted by atomic mass is 9.99. The van der Waals surface area contributed by atoms with Gasteiger partial charge in [0.2, 0.25) is 10.0 Å². The first-order valence-corrected chi connectivity index (χ1v) is 8.00. The van der Waals surface area contributed by atoms with Crippen LogP contribution in [0.1, 0.15) is 12.8 Å². The van der Waals surface area contributed by atoms with Gasteiger partial charge in [-0.1, -0.05) is 0 Å². The number of hydrogen-bond donors (Lipinski definition) is 0. The monoisotopic (exact) mass is 341 g/mol. The van der Waals surface area contributed by atoms with Crippen LogP contribution in [-0.4, -0.2) is 39.1 Å². The van der Waals surface area contributed by atoms with Gasteiger partial charge in [0.1, 0.15) is 0 Å². The normalized spacial score (nSPS) is 20.9. The molecule has 1 aromatic rings. The van der Waals surface area contributed by atoms with E-state index in [-0.39, 0.29) is 30.0 Å². The molecule has 0 aromatic heterocycles. The van der Waals surface area contributed by atoms with Gasteiger partial charge < -0.3 is 4.74 Å². The average molecular weight is 341 g/mol. The third-order valence-corrected chi connectivity index (χ3v) is 5.47. The Kier molecular flexibility index (Phi) is 4.67. The molecular formula is C13H15F4NO3S. The highest BCUT2D eigenvalue weighted by Crippen LogP contribution is 2.35. The molecule has 9 heteroatoms. The Labute approximate surface area is 125 Å². The molecule has 0 aliphatic carbocycles. The number of ether oxygens (including phenoxy) is 1. The molecule has 1 fully saturated rings. The van der Waals surface area contributed by atoms with Crippen LogP contribution in [-0.2, 0) is 10.0 Å². The minimum absolute atomic E-state index is 0.0113. The van der Waals surface area contributed by atoms with E-state index in [1.165, 1.54) is 7.11 Å². The fourth-order valence-electron chi connectivity index (χ4n) is 2.38. The van der Waals surface area contributed by atoms with Crippen molar-refractivity contribution in [2.75, 3.05) is 20.2 Å². The molecule has 1 saturated heterocycles. The van der Waals surface area contributed by atoms with E-state index in [0.717, 1.165) is 22.5 Å². The first-order chi connectivity index (χ1) is 10.2. The minimum atomic E-state index is -4.45. The van der Waals surface area contributed by atoms with Gasteiger partial charge in [-0.05, 0) is 31.0 Å². The molecule has 1 aliphatic rings. The molecule has 0 spiro atoms. The second-order valence-corrected chi connectivity index (χ2v) is 6.98. The largest absolute Gasteiger partial charge is 0.494 e. The van der Waals surface area contributed by atoms with Gasteiger partial charge in [-0.15, -0.1) is 0 Å². The Morgan fingerprint density at radius 2 is 2.00 bits per heavy atom. The van der Waals surface area contributed by atoms with E-state index in [4.69, 9.17) is 0 Å². The molecule has 0 N–H and O–H groups in total. The van der Waals surface area contributed by atoms with Gasteiger partial charge in [0.25, 0.3) is 0 Å². The average Bonchev–Trinajstić information content (AvgIpc) is 2.46. The molecule has 0 amide bonds. The molecule has 1 aromatic carbocycles. The maximum absolute atomic E-state index is 13.6. The van der Waals surface area contributed by atoms with Crippen LogP contribution < -0.4 is 4.74 Å². The van der Waals surface area contributed by atoms with Gasteiger partial charge in [-0.3, -0.25) is 0 Å². The van der Waals surface area contributed by atoms with E-state index < -0.39 is 34.5 Å². The van der Waals surface area contributed by atoms with Gasteiger partial charge >= 0.3 is 6.18 Å². The van der Waals surface area contributed by atoms with Crippen molar-refractivity contribution < 1.29 is 30.7 Å². The lowest BCUT2D eigenvalue weighted by Crippen LogP contribution is -2.44. The summed E-state index contributed by atoms with van der Waals surface area (Å²) in [6, 6.07) is 3.01. The maximum atomic E-state index is 13.6. The van der Waals surface area contributed by atoms with Crippen molar-refractivity contribution in [3.05, 3.63) is 24.0 Å². The van der Waals surface area contributed by atoms with Gasteiger partial charge in [-0.2, -0.15) is 17.5 Å². The summed E-state index contributed by atoms with van der Waals surface area (Å²) < 4.78 is 82.1. The summed E-state index contributed by atoms with van der Waals surface area (Å²) >= 11 is 0. The van der Waals surface area contributed by atoms with Crippen molar-refractivity contribution in [1.29, 1.82) is 0 Å². The van der Waals surface area contributed by atoms with Crippen LogP contribution in [0.15, 0.2) is 23.1 Å². The van der Waals surface area contributed by atoms with Gasteiger partial charge in [-0.25, -0.2) is 12.8 Å². The summed E-state index contributed by atoms with van der Waals surface area (Å²) in [5, 5.41) is 0. The van der Waals surface area contributed by atoms with Crippen molar-refractivity contribution in [2.45, 2.75) is 23.9 Å². The Morgan fingerprint density at radius 1 is 1.32 bits per heavy atom. The molecule has 4 nitrogen and oxygen atoms in total. The molecule has 0 saturated carbocycles. The molecule has 124 valence electrons. The number of rotatable bonds is 3. The number of methoxy groups -OCH3 is 1. The van der Waals surface area contributed by atoms with Crippen LogP contribution in [0.2, 0.25) is 0 Å². The number of hydrogen-bond acceptors (Lipinski definition) is 3. The molecule has 1 aliphatic heterocycles. The fraction of sp³-hybridized carbons (Fsp3) is 0.538. The zero-order valence-electron chi connectivity index (χ0n) is 11.7. The van der Waals surface area contributed by atoms with E-state index in [9.17, 15) is 26.0 Å². The van der Waals surface area contributed by atoms with Crippen molar-refractivity contribution in [2.24, 2.45) is 5.92 Å². The van der Waals surface area contributed by atoms with E-state index in [1.807, 2.05) is 0 Å². The van der Waals surface area contributed by atoms with Crippen LogP contribution in [0.25, 0.3) is 0 Å². The smallest absolute Gasteiger partial charge is 0.393 e. The number of nitrogens with zero attached hydrogens (tertiary/aromatic N) is 1. The lowest BCUT2D eigenvalue weighted by Gasteiger charge is -2.32. The number of piperidine rings is 1. The Balaban J connectivity index is 2.28. The maximum Gasteiger partial charge on any atom is 0.393 e. The second-order valence-electron chi connectivity index (χ2n) is 5.04. The zero-order valence-corrected chi connectivity index (χ0v) is 12.5. The highest BCUT2D eigenvalue weighted by Gasteiger charge is 2.44. The summed E-state index contributed by atoms with van der Waals surface area (Å²) in [6.07, 6.45) is -4.44. The SMILES string of the molecule is COc1ccc(S(=O)(=O)N2CCCC(C(F)(F)F)C2)cc1F. The summed E-state index contributed by atoms with van der Waals surface area (Å²) in [4.78, 5) is -0.381. The number of benzene rings is 1. The Bertz CT molecular complexity index is 645. The van der Waals surface area contributed by atoms with E-state index in [2.05, 4.69) is 4.74 Å². The van der Waals surface area contributed by atoms with Gasteiger partial charge in [0.15, 0.2) is 11.6 Å². The third kappa shape index (κ3) is 3.35. The number of alkyl halides is 3. The van der Waals surface area contributed by atoms with Crippen LogP contribution >= 0.6 is 0 Å². The predicted octanol–water partition coefficient (Wildman–Crippen LogP) is 2.80. The van der Waals surface area contributed by atoms with E-state index in [0.29, 0.717) is 0 Å². The standard InChI is InChI=1S/C13H15F4NO3S/c1-21-12-5-4-10(7-11(12)14)22(19,20)18-6-2-3-9(8-18)13(15,16)17/h4-5,7,9H,2-3,6,8H2,1H3. The molecule has 22 heavy (non-hydrogen) atoms. The van der Waals surface area contributed by atoms with Crippen molar-refractivity contribution in [3.8, 4) is 5.75 Å². The molecular weight excluding hydrogens is 326 g/mol. The first kappa shape index (κ1) is 17.0. The molecule has 2 rings (SSSR count). The van der Waals surface area contributed by atoms with Crippen LogP contribution in [0.4, 0.5) is 17.6 Å². The zero-order chi connectivity index (χ0) is 16.5. The molecule has 1 unspecified atom stereocenters. The van der Waals surface area contributed by atoms with Crippen LogP contribution in [0, 0.1) is 11.7 Å².